The van der Waals surface area contributed by atoms with Crippen LogP contribution in [0.15, 0.2) is 24.3 Å². The number of likely N-dealkylation sites (tertiary alicyclic amines) is 2. The van der Waals surface area contributed by atoms with E-state index in [1.165, 1.54) is 51.6 Å². The number of hydrogen-bond acceptors (Lipinski definition) is 3. The first-order chi connectivity index (χ1) is 14.8. The fourth-order valence-corrected chi connectivity index (χ4v) is 6.50. The molecule has 1 aromatic carbocycles. The molecule has 1 aromatic rings. The normalized spacial score (nSPS) is 26.8. The summed E-state index contributed by atoms with van der Waals surface area (Å²) in [5, 5.41) is 0. The molecule has 0 N–H and O–H groups in total. The molecular weight excluding hydrogens is 384 g/mol. The number of benzene rings is 1. The van der Waals surface area contributed by atoms with Crippen molar-refractivity contribution in [3.05, 3.63) is 35.4 Å². The number of ether oxygens (including phenoxy) is 1. The molecule has 2 aliphatic heterocycles. The van der Waals surface area contributed by atoms with E-state index in [0.717, 1.165) is 37.8 Å². The molecule has 0 bridgehead atoms. The molecule has 1 amide bonds. The maximum absolute atomic E-state index is 12.4. The zero-order valence-electron chi connectivity index (χ0n) is 19.7. The van der Waals surface area contributed by atoms with Gasteiger partial charge in [0.05, 0.1) is 0 Å². The van der Waals surface area contributed by atoms with Gasteiger partial charge in [-0.05, 0) is 107 Å². The highest BCUT2D eigenvalue weighted by Crippen LogP contribution is 2.54. The maximum Gasteiger partial charge on any atom is 0.410 e. The summed E-state index contributed by atoms with van der Waals surface area (Å²) in [4.78, 5) is 17.1. The Morgan fingerprint density at radius 1 is 1.03 bits per heavy atom. The third-order valence-corrected chi connectivity index (χ3v) is 8.15. The molecule has 4 heteroatoms. The Kier molecular flexibility index (Phi) is 5.57. The number of nitrogens with zero attached hydrogens (tertiary/aromatic N) is 2. The van der Waals surface area contributed by atoms with Crippen molar-refractivity contribution in [1.82, 2.24) is 9.80 Å². The summed E-state index contributed by atoms with van der Waals surface area (Å²) in [5.74, 6) is 1.67. The highest BCUT2D eigenvalue weighted by atomic mass is 16.6. The average Bonchev–Trinajstić information content (AvgIpc) is 3.45. The minimum atomic E-state index is -0.405. The summed E-state index contributed by atoms with van der Waals surface area (Å²) in [7, 11) is 0. The summed E-state index contributed by atoms with van der Waals surface area (Å²) in [6.07, 6.45) is 10.3. The predicted molar refractivity (Wildman–Crippen MR) is 124 cm³/mol. The van der Waals surface area contributed by atoms with Crippen LogP contribution in [0.3, 0.4) is 0 Å². The molecule has 2 heterocycles. The second kappa shape index (κ2) is 8.10. The van der Waals surface area contributed by atoms with Crippen molar-refractivity contribution in [2.24, 2.45) is 11.3 Å². The highest BCUT2D eigenvalue weighted by molar-refractivity contribution is 5.68. The second-order valence-electron chi connectivity index (χ2n) is 11.8. The first-order valence-corrected chi connectivity index (χ1v) is 12.6. The highest BCUT2D eigenvalue weighted by Gasteiger charge is 2.47. The molecule has 2 saturated heterocycles. The molecule has 2 aliphatic carbocycles. The summed E-state index contributed by atoms with van der Waals surface area (Å²) in [6.45, 7) is 10.1. The first-order valence-electron chi connectivity index (χ1n) is 12.6. The van der Waals surface area contributed by atoms with Gasteiger partial charge in [-0.3, -0.25) is 4.90 Å². The lowest BCUT2D eigenvalue weighted by atomic mass is 9.57. The van der Waals surface area contributed by atoms with Gasteiger partial charge in [-0.25, -0.2) is 4.79 Å². The smallest absolute Gasteiger partial charge is 0.410 e. The van der Waals surface area contributed by atoms with Gasteiger partial charge in [0.1, 0.15) is 5.60 Å². The fraction of sp³-hybridized carbons (Fsp3) is 0.741. The Morgan fingerprint density at radius 2 is 1.71 bits per heavy atom. The Hall–Kier alpha value is -1.55. The number of piperidine rings is 1. The van der Waals surface area contributed by atoms with Gasteiger partial charge < -0.3 is 9.64 Å². The third kappa shape index (κ3) is 4.65. The Morgan fingerprint density at radius 3 is 2.35 bits per heavy atom. The van der Waals surface area contributed by atoms with Gasteiger partial charge in [-0.2, -0.15) is 0 Å². The van der Waals surface area contributed by atoms with Crippen LogP contribution in [0.1, 0.15) is 95.2 Å². The molecule has 0 aromatic heterocycles. The number of rotatable bonds is 4. The first kappa shape index (κ1) is 21.3. The maximum atomic E-state index is 12.4. The van der Waals surface area contributed by atoms with Crippen molar-refractivity contribution in [2.45, 2.75) is 89.7 Å². The number of carbonyl (C=O) groups excluding carboxylic acids is 1. The second-order valence-corrected chi connectivity index (χ2v) is 11.8. The van der Waals surface area contributed by atoms with Crippen LogP contribution >= 0.6 is 0 Å². The van der Waals surface area contributed by atoms with E-state index in [9.17, 15) is 4.79 Å². The van der Waals surface area contributed by atoms with E-state index >= 15 is 0 Å². The summed E-state index contributed by atoms with van der Waals surface area (Å²) >= 11 is 0. The molecule has 1 spiro atoms. The lowest BCUT2D eigenvalue weighted by molar-refractivity contribution is -0.0363. The van der Waals surface area contributed by atoms with Crippen LogP contribution in [0.25, 0.3) is 0 Å². The lowest BCUT2D eigenvalue weighted by Gasteiger charge is -2.53. The monoisotopic (exact) mass is 424 g/mol. The van der Waals surface area contributed by atoms with E-state index in [1.54, 1.807) is 11.1 Å². The van der Waals surface area contributed by atoms with Crippen molar-refractivity contribution >= 4 is 6.09 Å². The van der Waals surface area contributed by atoms with E-state index in [0.29, 0.717) is 11.5 Å². The molecule has 0 radical (unpaired) electrons. The SMILES string of the molecule is CC(C)(C)OC(=O)N1CCC2(CC1)CC(CN1CCC[C@H]1c1ccccc1C1CC1)C2. The van der Waals surface area contributed by atoms with Crippen molar-refractivity contribution in [3.63, 3.8) is 0 Å². The zero-order valence-corrected chi connectivity index (χ0v) is 19.7. The average molecular weight is 425 g/mol. The van der Waals surface area contributed by atoms with Gasteiger partial charge in [0.15, 0.2) is 0 Å². The minimum Gasteiger partial charge on any atom is -0.444 e. The predicted octanol–water partition coefficient (Wildman–Crippen LogP) is 6.13. The quantitative estimate of drug-likeness (QED) is 0.583. The van der Waals surface area contributed by atoms with Gasteiger partial charge in [0.2, 0.25) is 0 Å². The molecule has 1 atom stereocenters. The molecule has 2 saturated carbocycles. The van der Waals surface area contributed by atoms with Crippen LogP contribution in [-0.4, -0.2) is 47.7 Å². The largest absolute Gasteiger partial charge is 0.444 e. The molecule has 0 unspecified atom stereocenters. The standard InChI is InChI=1S/C27H40N2O2/c1-26(2,3)31-25(30)28-15-12-27(13-16-28)17-20(18-27)19-29-14-6-9-24(29)23-8-5-4-7-22(23)21-10-11-21/h4-5,7-8,20-21,24H,6,9-19H2,1-3H3/t24-/m0/s1. The Bertz CT molecular complexity index is 794. The number of hydrogen-bond donors (Lipinski definition) is 0. The van der Waals surface area contributed by atoms with Crippen LogP contribution < -0.4 is 0 Å². The molecule has 5 rings (SSSR count). The van der Waals surface area contributed by atoms with Crippen LogP contribution in [0.5, 0.6) is 0 Å². The number of carbonyl (C=O) groups is 1. The van der Waals surface area contributed by atoms with Crippen molar-refractivity contribution in [1.29, 1.82) is 0 Å². The van der Waals surface area contributed by atoms with E-state index in [2.05, 4.69) is 29.2 Å². The van der Waals surface area contributed by atoms with Crippen molar-refractivity contribution in [3.8, 4) is 0 Å². The zero-order chi connectivity index (χ0) is 21.6. The van der Waals surface area contributed by atoms with Gasteiger partial charge in [-0.15, -0.1) is 0 Å². The Balaban J connectivity index is 1.13. The fourth-order valence-electron chi connectivity index (χ4n) is 6.50. The van der Waals surface area contributed by atoms with Gasteiger partial charge in [0.25, 0.3) is 0 Å². The molecular formula is C27H40N2O2. The van der Waals surface area contributed by atoms with Crippen LogP contribution in [0.2, 0.25) is 0 Å². The summed E-state index contributed by atoms with van der Waals surface area (Å²) in [6, 6.07) is 9.91. The lowest BCUT2D eigenvalue weighted by Crippen LogP contribution is -2.51. The summed E-state index contributed by atoms with van der Waals surface area (Å²) < 4.78 is 5.57. The van der Waals surface area contributed by atoms with E-state index in [1.807, 2.05) is 25.7 Å². The van der Waals surface area contributed by atoms with Gasteiger partial charge in [-0.1, -0.05) is 24.3 Å². The van der Waals surface area contributed by atoms with Crippen LogP contribution in [0.4, 0.5) is 4.79 Å². The molecule has 4 aliphatic rings. The van der Waals surface area contributed by atoms with Crippen LogP contribution in [-0.2, 0) is 4.74 Å². The number of amides is 1. The van der Waals surface area contributed by atoms with Crippen molar-refractivity contribution < 1.29 is 9.53 Å². The Labute approximate surface area is 188 Å². The molecule has 170 valence electrons. The van der Waals surface area contributed by atoms with E-state index in [4.69, 9.17) is 4.74 Å². The third-order valence-electron chi connectivity index (χ3n) is 8.15. The van der Waals surface area contributed by atoms with Gasteiger partial charge >= 0.3 is 6.09 Å². The minimum absolute atomic E-state index is 0.132. The van der Waals surface area contributed by atoms with Gasteiger partial charge in [0, 0.05) is 25.7 Å². The van der Waals surface area contributed by atoms with E-state index < -0.39 is 5.60 Å². The molecule has 4 fully saturated rings. The van der Waals surface area contributed by atoms with E-state index in [-0.39, 0.29) is 6.09 Å². The topological polar surface area (TPSA) is 32.8 Å². The summed E-state index contributed by atoms with van der Waals surface area (Å²) in [5.41, 5.74) is 3.35. The molecule has 4 nitrogen and oxygen atoms in total. The van der Waals surface area contributed by atoms with Crippen LogP contribution in [0, 0.1) is 11.3 Å². The molecule has 31 heavy (non-hydrogen) atoms. The van der Waals surface area contributed by atoms with Crippen molar-refractivity contribution in [2.75, 3.05) is 26.2 Å².